The molecular formula is C31H35ClF2N4O5. The lowest BCUT2D eigenvalue weighted by atomic mass is 9.66. The molecule has 4 aliphatic rings. The van der Waals surface area contributed by atoms with Gasteiger partial charge in [0.1, 0.15) is 24.4 Å². The highest BCUT2D eigenvalue weighted by molar-refractivity contribution is 6.31. The van der Waals surface area contributed by atoms with E-state index in [0.29, 0.717) is 55.1 Å². The lowest BCUT2D eigenvalue weighted by Gasteiger charge is -2.45. The van der Waals surface area contributed by atoms with Gasteiger partial charge in [0.15, 0.2) is 0 Å². The number of aromatic nitrogens is 2. The number of carbonyl (C=O) groups is 3. The zero-order valence-electron chi connectivity index (χ0n) is 24.0. The van der Waals surface area contributed by atoms with Crippen molar-refractivity contribution < 1.29 is 33.0 Å². The largest absolute Gasteiger partial charge is 0.488 e. The Morgan fingerprint density at radius 2 is 2.02 bits per heavy atom. The number of nitrogens with zero attached hydrogens (tertiary/aromatic N) is 4. The summed E-state index contributed by atoms with van der Waals surface area (Å²) in [7, 11) is 0. The first-order chi connectivity index (χ1) is 20.5. The summed E-state index contributed by atoms with van der Waals surface area (Å²) in [5.41, 5.74) is -0.0977. The van der Waals surface area contributed by atoms with Crippen LogP contribution in [0.4, 0.5) is 8.78 Å². The lowest BCUT2D eigenvalue weighted by molar-refractivity contribution is -0.162. The lowest BCUT2D eigenvalue weighted by Crippen LogP contribution is -2.52. The van der Waals surface area contributed by atoms with Crippen LogP contribution in [0.5, 0.6) is 5.75 Å². The van der Waals surface area contributed by atoms with Gasteiger partial charge in [0.05, 0.1) is 17.4 Å². The number of halogens is 3. The number of aliphatic carboxylic acids is 1. The number of hydrogen-bond acceptors (Lipinski definition) is 6. The van der Waals surface area contributed by atoms with Crippen molar-refractivity contribution in [1.82, 2.24) is 19.8 Å². The van der Waals surface area contributed by atoms with Crippen molar-refractivity contribution in [3.8, 4) is 5.75 Å². The molecule has 0 bridgehead atoms. The van der Waals surface area contributed by atoms with Gasteiger partial charge in [-0.05, 0) is 62.1 Å². The highest BCUT2D eigenvalue weighted by Gasteiger charge is 2.54. The molecule has 1 saturated heterocycles. The SMILES string of the molecule is C[C@]1(C(=O)O)CCCC[C@H]1C(=O)N1CCc2c(Cl)ccc(OCc3cncnc3C(F)F)c2C1CN1CC2(CC2)CC1=O. The Morgan fingerprint density at radius 1 is 1.23 bits per heavy atom. The summed E-state index contributed by atoms with van der Waals surface area (Å²) in [4.78, 5) is 51.0. The van der Waals surface area contributed by atoms with Crippen molar-refractivity contribution in [3.63, 3.8) is 0 Å². The monoisotopic (exact) mass is 616 g/mol. The maximum atomic E-state index is 14.4. The van der Waals surface area contributed by atoms with E-state index in [1.165, 1.54) is 6.20 Å². The number of alkyl halides is 2. The number of carbonyl (C=O) groups excluding carboxylic acids is 2. The van der Waals surface area contributed by atoms with Crippen molar-refractivity contribution in [2.24, 2.45) is 16.7 Å². The summed E-state index contributed by atoms with van der Waals surface area (Å²) >= 11 is 6.69. The van der Waals surface area contributed by atoms with Gasteiger partial charge in [-0.2, -0.15) is 0 Å². The van der Waals surface area contributed by atoms with Crippen molar-refractivity contribution in [2.75, 3.05) is 19.6 Å². The van der Waals surface area contributed by atoms with Crippen molar-refractivity contribution in [3.05, 3.63) is 52.1 Å². The van der Waals surface area contributed by atoms with Gasteiger partial charge < -0.3 is 19.6 Å². The van der Waals surface area contributed by atoms with Gasteiger partial charge in [-0.1, -0.05) is 24.4 Å². The van der Waals surface area contributed by atoms with Crippen molar-refractivity contribution in [1.29, 1.82) is 0 Å². The van der Waals surface area contributed by atoms with E-state index < -0.39 is 35.5 Å². The predicted octanol–water partition coefficient (Wildman–Crippen LogP) is 5.37. The number of likely N-dealkylation sites (tertiary alicyclic amines) is 1. The highest BCUT2D eigenvalue weighted by Crippen LogP contribution is 2.54. The second kappa shape index (κ2) is 11.3. The molecule has 1 spiro atoms. The first-order valence-corrected chi connectivity index (χ1v) is 15.2. The van der Waals surface area contributed by atoms with Gasteiger partial charge in [-0.3, -0.25) is 14.4 Å². The maximum absolute atomic E-state index is 14.4. The summed E-state index contributed by atoms with van der Waals surface area (Å²) in [6, 6.07) is 2.69. The number of hydrogen-bond donors (Lipinski definition) is 1. The molecule has 0 radical (unpaired) electrons. The van der Waals surface area contributed by atoms with E-state index in [9.17, 15) is 28.3 Å². The Balaban J connectivity index is 1.38. The fourth-order valence-corrected chi connectivity index (χ4v) is 7.50. The molecular weight excluding hydrogens is 582 g/mol. The van der Waals surface area contributed by atoms with E-state index >= 15 is 0 Å². The fourth-order valence-electron chi connectivity index (χ4n) is 7.24. The second-order valence-corrected chi connectivity index (χ2v) is 13.1. The van der Waals surface area contributed by atoms with Crippen LogP contribution in [0.2, 0.25) is 5.02 Å². The molecule has 3 fully saturated rings. The summed E-state index contributed by atoms with van der Waals surface area (Å²) in [5.74, 6) is -1.57. The van der Waals surface area contributed by atoms with Gasteiger partial charge in [0.2, 0.25) is 11.8 Å². The summed E-state index contributed by atoms with van der Waals surface area (Å²) in [6.45, 7) is 2.54. The molecule has 1 aromatic carbocycles. The summed E-state index contributed by atoms with van der Waals surface area (Å²) < 4.78 is 33.4. The van der Waals surface area contributed by atoms with Gasteiger partial charge >= 0.3 is 5.97 Å². The smallest absolute Gasteiger partial charge is 0.310 e. The molecule has 2 saturated carbocycles. The molecule has 2 aliphatic carbocycles. The van der Waals surface area contributed by atoms with Crippen molar-refractivity contribution >= 4 is 29.4 Å². The standard InChI is InChI=1S/C31H35ClF2N4O5/c1-30(29(41)42)8-3-2-4-20(30)28(40)38-11-7-19-21(32)5-6-23(43-15-18-13-35-17-36-26(18)27(33)34)25(19)22(38)14-37-16-31(9-10-31)12-24(37)39/h5-6,13,17,20,22,27H,2-4,7-12,14-16H2,1H3,(H,41,42)/t20-,22?,30-/m0/s1. The zero-order chi connectivity index (χ0) is 30.5. The maximum Gasteiger partial charge on any atom is 0.310 e. The fraction of sp³-hybridized carbons (Fsp3) is 0.581. The number of fused-ring (bicyclic) bond motifs is 1. The van der Waals surface area contributed by atoms with Crippen LogP contribution in [0.3, 0.4) is 0 Å². The summed E-state index contributed by atoms with van der Waals surface area (Å²) in [5, 5.41) is 10.6. The number of carboxylic acids is 1. The third-order valence-electron chi connectivity index (χ3n) is 10.0. The first-order valence-electron chi connectivity index (χ1n) is 14.9. The van der Waals surface area contributed by atoms with E-state index in [-0.39, 0.29) is 35.9 Å². The van der Waals surface area contributed by atoms with Crippen molar-refractivity contribution in [2.45, 2.75) is 77.4 Å². The Morgan fingerprint density at radius 3 is 2.72 bits per heavy atom. The number of ether oxygens (including phenoxy) is 1. The number of rotatable bonds is 8. The number of carboxylic acid groups (broad SMARTS) is 1. The Hall–Kier alpha value is -3.34. The Kier molecular flexibility index (Phi) is 7.81. The molecule has 2 amide bonds. The van der Waals surface area contributed by atoms with Crippen LogP contribution in [0.15, 0.2) is 24.7 Å². The first kappa shape index (κ1) is 29.7. The van der Waals surface area contributed by atoms with Crippen LogP contribution >= 0.6 is 11.6 Å². The highest BCUT2D eigenvalue weighted by atomic mass is 35.5. The molecule has 1 N–H and O–H groups in total. The average Bonchev–Trinajstić information content (AvgIpc) is 3.67. The van der Waals surface area contributed by atoms with Gasteiger partial charge in [0.25, 0.3) is 6.43 Å². The molecule has 43 heavy (non-hydrogen) atoms. The van der Waals surface area contributed by atoms with E-state index in [0.717, 1.165) is 37.6 Å². The molecule has 230 valence electrons. The normalized spacial score (nSPS) is 26.1. The molecule has 6 rings (SSSR count). The molecule has 1 aromatic heterocycles. The van der Waals surface area contributed by atoms with Gasteiger partial charge in [-0.15, -0.1) is 0 Å². The Bertz CT molecular complexity index is 1450. The van der Waals surface area contributed by atoms with Crippen LogP contribution in [-0.4, -0.2) is 62.3 Å². The molecule has 12 heteroatoms. The molecule has 1 unspecified atom stereocenters. The second-order valence-electron chi connectivity index (χ2n) is 12.7. The average molecular weight is 617 g/mol. The molecule has 3 heterocycles. The van der Waals surface area contributed by atoms with Gasteiger partial charge in [0, 0.05) is 48.4 Å². The van der Waals surface area contributed by atoms with E-state index in [1.807, 2.05) is 0 Å². The Labute approximate surface area is 253 Å². The molecule has 3 atom stereocenters. The van der Waals surface area contributed by atoms with Crippen LogP contribution in [-0.2, 0) is 27.4 Å². The third kappa shape index (κ3) is 5.45. The van der Waals surface area contributed by atoms with Crippen LogP contribution < -0.4 is 4.74 Å². The minimum absolute atomic E-state index is 0.00130. The van der Waals surface area contributed by atoms with E-state index in [2.05, 4.69) is 9.97 Å². The quantitative estimate of drug-likeness (QED) is 0.424. The molecule has 2 aliphatic heterocycles. The van der Waals surface area contributed by atoms with Crippen LogP contribution in [0.1, 0.15) is 86.7 Å². The minimum atomic E-state index is -2.81. The number of benzene rings is 1. The predicted molar refractivity (Wildman–Crippen MR) is 151 cm³/mol. The topological polar surface area (TPSA) is 113 Å². The van der Waals surface area contributed by atoms with Crippen LogP contribution in [0, 0.1) is 16.7 Å². The molecule has 2 aromatic rings. The zero-order valence-corrected chi connectivity index (χ0v) is 24.8. The number of amides is 2. The molecule has 9 nitrogen and oxygen atoms in total. The van der Waals surface area contributed by atoms with Gasteiger partial charge in [-0.25, -0.2) is 18.7 Å². The third-order valence-corrected chi connectivity index (χ3v) is 10.4. The minimum Gasteiger partial charge on any atom is -0.488 e. The summed E-state index contributed by atoms with van der Waals surface area (Å²) in [6.07, 6.45) is 4.77. The van der Waals surface area contributed by atoms with Crippen LogP contribution in [0.25, 0.3) is 0 Å². The van der Waals surface area contributed by atoms with E-state index in [4.69, 9.17) is 16.3 Å². The van der Waals surface area contributed by atoms with E-state index in [1.54, 1.807) is 28.9 Å².